The average Bonchev–Trinajstić information content (AvgIpc) is 2.56. The van der Waals surface area contributed by atoms with Crippen molar-refractivity contribution < 1.29 is 18.4 Å². The van der Waals surface area contributed by atoms with Crippen LogP contribution in [-0.2, 0) is 4.79 Å². The quantitative estimate of drug-likeness (QED) is 0.792. The lowest BCUT2D eigenvalue weighted by atomic mass is 10.1. The fourth-order valence-corrected chi connectivity index (χ4v) is 1.79. The van der Waals surface area contributed by atoms with Gasteiger partial charge in [0.15, 0.2) is 0 Å². The maximum atomic E-state index is 13.6. The van der Waals surface area contributed by atoms with Crippen molar-refractivity contribution in [1.82, 2.24) is 5.32 Å². The van der Waals surface area contributed by atoms with E-state index in [1.54, 1.807) is 7.05 Å². The number of rotatable bonds is 3. The fourth-order valence-electron chi connectivity index (χ4n) is 1.79. The first kappa shape index (κ1) is 11.7. The van der Waals surface area contributed by atoms with Crippen LogP contribution in [0.1, 0.15) is 10.4 Å². The third-order valence-electron chi connectivity index (χ3n) is 2.60. The van der Waals surface area contributed by atoms with Crippen LogP contribution in [0.15, 0.2) is 12.1 Å². The SMILES string of the molecule is CNCCN1C(=O)C(=O)c2c(F)ccc(F)c21. The lowest BCUT2D eigenvalue weighted by Crippen LogP contribution is -2.35. The zero-order chi connectivity index (χ0) is 12.6. The highest BCUT2D eigenvalue weighted by molar-refractivity contribution is 6.52. The van der Waals surface area contributed by atoms with Gasteiger partial charge < -0.3 is 10.2 Å². The predicted octanol–water partition coefficient (Wildman–Crippen LogP) is 0.713. The van der Waals surface area contributed by atoms with Crippen molar-refractivity contribution in [1.29, 1.82) is 0 Å². The summed E-state index contributed by atoms with van der Waals surface area (Å²) in [4.78, 5) is 24.1. The molecule has 4 nitrogen and oxygen atoms in total. The van der Waals surface area contributed by atoms with Gasteiger partial charge in [-0.3, -0.25) is 9.59 Å². The molecular formula is C11H10F2N2O2. The molecular weight excluding hydrogens is 230 g/mol. The summed E-state index contributed by atoms with van der Waals surface area (Å²) in [6.45, 7) is 0.503. The Morgan fingerprint density at radius 1 is 1.24 bits per heavy atom. The normalized spacial score (nSPS) is 14.4. The Balaban J connectivity index is 2.52. The minimum Gasteiger partial charge on any atom is -0.318 e. The van der Waals surface area contributed by atoms with Crippen LogP contribution in [0.4, 0.5) is 14.5 Å². The third kappa shape index (κ3) is 1.70. The van der Waals surface area contributed by atoms with E-state index in [4.69, 9.17) is 0 Å². The van der Waals surface area contributed by atoms with E-state index in [1.807, 2.05) is 0 Å². The molecule has 0 saturated carbocycles. The summed E-state index contributed by atoms with van der Waals surface area (Å²) in [5, 5.41) is 2.77. The van der Waals surface area contributed by atoms with Gasteiger partial charge in [0.05, 0.1) is 11.3 Å². The molecule has 1 aromatic carbocycles. The number of hydrogen-bond donors (Lipinski definition) is 1. The smallest absolute Gasteiger partial charge is 0.299 e. The second-order valence-corrected chi connectivity index (χ2v) is 3.64. The number of ketones is 1. The number of hydrogen-bond acceptors (Lipinski definition) is 3. The maximum Gasteiger partial charge on any atom is 0.299 e. The van der Waals surface area contributed by atoms with Gasteiger partial charge in [-0.2, -0.15) is 0 Å². The molecule has 0 saturated heterocycles. The van der Waals surface area contributed by atoms with Gasteiger partial charge in [-0.15, -0.1) is 0 Å². The third-order valence-corrected chi connectivity index (χ3v) is 2.60. The Bertz CT molecular complexity index is 502. The van der Waals surface area contributed by atoms with Crippen LogP contribution in [0, 0.1) is 11.6 Å². The molecule has 1 N–H and O–H groups in total. The Kier molecular flexibility index (Phi) is 2.89. The van der Waals surface area contributed by atoms with Crippen molar-refractivity contribution in [2.45, 2.75) is 0 Å². The Hall–Kier alpha value is -1.82. The van der Waals surface area contributed by atoms with Gasteiger partial charge in [0.25, 0.3) is 11.7 Å². The van der Waals surface area contributed by atoms with E-state index in [9.17, 15) is 18.4 Å². The lowest BCUT2D eigenvalue weighted by Gasteiger charge is -2.16. The molecule has 1 aliphatic rings. The second-order valence-electron chi connectivity index (χ2n) is 3.64. The van der Waals surface area contributed by atoms with Crippen LogP contribution in [0.2, 0.25) is 0 Å². The number of benzene rings is 1. The summed E-state index contributed by atoms with van der Waals surface area (Å²) >= 11 is 0. The van der Waals surface area contributed by atoms with Crippen LogP contribution in [-0.4, -0.2) is 31.8 Å². The molecule has 0 spiro atoms. The van der Waals surface area contributed by atoms with E-state index in [0.29, 0.717) is 6.54 Å². The number of anilines is 1. The van der Waals surface area contributed by atoms with Gasteiger partial charge in [-0.05, 0) is 19.2 Å². The van der Waals surface area contributed by atoms with Crippen molar-refractivity contribution in [3.8, 4) is 0 Å². The maximum absolute atomic E-state index is 13.6. The molecule has 1 aromatic rings. The number of halogens is 2. The number of amides is 1. The van der Waals surface area contributed by atoms with Crippen molar-refractivity contribution in [2.24, 2.45) is 0 Å². The van der Waals surface area contributed by atoms with Gasteiger partial charge in [0.1, 0.15) is 11.6 Å². The van der Waals surface area contributed by atoms with Gasteiger partial charge in [-0.25, -0.2) is 8.78 Å². The average molecular weight is 240 g/mol. The van der Waals surface area contributed by atoms with Crippen molar-refractivity contribution in [2.75, 3.05) is 25.0 Å². The van der Waals surface area contributed by atoms with Crippen molar-refractivity contribution in [3.05, 3.63) is 29.3 Å². The second kappa shape index (κ2) is 4.21. The van der Waals surface area contributed by atoms with Crippen LogP contribution in [0.3, 0.4) is 0 Å². The summed E-state index contributed by atoms with van der Waals surface area (Å²) in [7, 11) is 1.66. The number of carbonyl (C=O) groups excluding carboxylic acids is 2. The highest BCUT2D eigenvalue weighted by Gasteiger charge is 2.40. The summed E-state index contributed by atoms with van der Waals surface area (Å²) in [5.74, 6) is -3.52. The first-order chi connectivity index (χ1) is 8.07. The number of nitrogens with zero attached hydrogens (tertiary/aromatic N) is 1. The summed E-state index contributed by atoms with van der Waals surface area (Å²) in [6, 6.07) is 1.76. The van der Waals surface area contributed by atoms with Crippen LogP contribution < -0.4 is 10.2 Å². The van der Waals surface area contributed by atoms with E-state index < -0.39 is 28.9 Å². The molecule has 0 atom stereocenters. The Morgan fingerprint density at radius 2 is 1.88 bits per heavy atom. The Labute approximate surface area is 96.2 Å². The zero-order valence-corrected chi connectivity index (χ0v) is 9.09. The number of Topliss-reactive ketones (excluding diaryl/α,β-unsaturated/α-hetero) is 1. The Morgan fingerprint density at radius 3 is 2.53 bits per heavy atom. The van der Waals surface area contributed by atoms with E-state index >= 15 is 0 Å². The van der Waals surface area contributed by atoms with Gasteiger partial charge >= 0.3 is 0 Å². The number of fused-ring (bicyclic) bond motifs is 1. The molecule has 6 heteroatoms. The first-order valence-corrected chi connectivity index (χ1v) is 5.06. The molecule has 90 valence electrons. The molecule has 1 amide bonds. The molecule has 0 bridgehead atoms. The van der Waals surface area contributed by atoms with Crippen molar-refractivity contribution >= 4 is 17.4 Å². The number of carbonyl (C=O) groups is 2. The highest BCUT2D eigenvalue weighted by Crippen LogP contribution is 2.33. The zero-order valence-electron chi connectivity index (χ0n) is 9.09. The minimum absolute atomic E-state index is 0.119. The van der Waals surface area contributed by atoms with Gasteiger partial charge in [0.2, 0.25) is 0 Å². The van der Waals surface area contributed by atoms with E-state index in [-0.39, 0.29) is 12.2 Å². The molecule has 2 rings (SSSR count). The lowest BCUT2D eigenvalue weighted by molar-refractivity contribution is -0.114. The number of nitrogens with one attached hydrogen (secondary N) is 1. The molecule has 0 radical (unpaired) electrons. The van der Waals surface area contributed by atoms with E-state index in [0.717, 1.165) is 17.0 Å². The van der Waals surface area contributed by atoms with E-state index in [2.05, 4.69) is 5.32 Å². The molecule has 17 heavy (non-hydrogen) atoms. The molecule has 0 unspecified atom stereocenters. The summed E-state index contributed by atoms with van der Waals surface area (Å²) in [6.07, 6.45) is 0. The van der Waals surface area contributed by atoms with Crippen LogP contribution in [0.5, 0.6) is 0 Å². The molecule has 0 aromatic heterocycles. The molecule has 0 aliphatic carbocycles. The number of likely N-dealkylation sites (N-methyl/N-ethyl adjacent to an activating group) is 1. The topological polar surface area (TPSA) is 49.4 Å². The van der Waals surface area contributed by atoms with Gasteiger partial charge in [0, 0.05) is 13.1 Å². The first-order valence-electron chi connectivity index (χ1n) is 5.06. The van der Waals surface area contributed by atoms with Crippen molar-refractivity contribution in [3.63, 3.8) is 0 Å². The standard InChI is InChI=1S/C11H10F2N2O2/c1-14-4-5-15-9-7(13)3-2-6(12)8(9)10(16)11(15)17/h2-3,14H,4-5H2,1H3. The summed E-state index contributed by atoms with van der Waals surface area (Å²) in [5.41, 5.74) is -0.721. The summed E-state index contributed by atoms with van der Waals surface area (Å²) < 4.78 is 27.0. The van der Waals surface area contributed by atoms with Crippen LogP contribution in [0.25, 0.3) is 0 Å². The highest BCUT2D eigenvalue weighted by atomic mass is 19.1. The van der Waals surface area contributed by atoms with E-state index in [1.165, 1.54) is 0 Å². The van der Waals surface area contributed by atoms with Gasteiger partial charge in [-0.1, -0.05) is 0 Å². The molecule has 1 heterocycles. The molecule has 0 fully saturated rings. The fraction of sp³-hybridized carbons (Fsp3) is 0.273. The largest absolute Gasteiger partial charge is 0.318 e. The van der Waals surface area contributed by atoms with Crippen LogP contribution >= 0.6 is 0 Å². The monoisotopic (exact) mass is 240 g/mol. The molecule has 1 aliphatic heterocycles. The minimum atomic E-state index is -0.992. The predicted molar refractivity (Wildman–Crippen MR) is 57.0 cm³/mol.